The molecule has 0 unspecified atom stereocenters. The van der Waals surface area contributed by atoms with Gasteiger partial charge >= 0.3 is 6.16 Å². The lowest BCUT2D eigenvalue weighted by Crippen LogP contribution is -2.45. The number of benzene rings is 2. The Morgan fingerprint density at radius 2 is 1.66 bits per heavy atom. The molecule has 0 saturated carbocycles. The molecule has 14 nitrogen and oxygen atoms in total. The highest BCUT2D eigenvalue weighted by Crippen LogP contribution is 2.39. The molecule has 4 rings (SSSR count). The molecule has 0 bridgehead atoms. The third kappa shape index (κ3) is 10.4. The second-order valence-corrected chi connectivity index (χ2v) is 16.0. The van der Waals surface area contributed by atoms with Crippen molar-refractivity contribution in [1.82, 2.24) is 15.0 Å². The van der Waals surface area contributed by atoms with Crippen LogP contribution in [0.4, 0.5) is 22.1 Å². The van der Waals surface area contributed by atoms with Crippen LogP contribution in [-0.4, -0.2) is 80.7 Å². The van der Waals surface area contributed by atoms with Crippen molar-refractivity contribution in [1.29, 1.82) is 0 Å². The van der Waals surface area contributed by atoms with Crippen molar-refractivity contribution in [3.05, 3.63) is 59.3 Å². The minimum Gasteiger partial charge on any atom is -0.492 e. The standard InChI is InChI=1S/C35H48N6O8S/c1-22-11-12-23(31(42)37-26-20-24(34(2,3)4)21-27(30(26)46-9)39-50(10,44)45)19-28(22)47-29-13-16-36-32(38-29)40(8)25-14-17-41(18-15-25)49-33(43)48-35(5,6)7/h11-13,16,19-21,25,39H,14-15,17-18H2,1-10H3,(H,37,42). The molecule has 0 radical (unpaired) electrons. The highest BCUT2D eigenvalue weighted by Gasteiger charge is 2.28. The summed E-state index contributed by atoms with van der Waals surface area (Å²) in [5.74, 6) is 0.912. The largest absolute Gasteiger partial charge is 0.528 e. The van der Waals surface area contributed by atoms with Crippen molar-refractivity contribution >= 4 is 39.4 Å². The average Bonchev–Trinajstić information content (AvgIpc) is 3.00. The third-order valence-electron chi connectivity index (χ3n) is 7.86. The van der Waals surface area contributed by atoms with E-state index >= 15 is 0 Å². The zero-order valence-corrected chi connectivity index (χ0v) is 31.2. The van der Waals surface area contributed by atoms with Crippen LogP contribution in [0.5, 0.6) is 17.4 Å². The molecule has 3 aromatic rings. The van der Waals surface area contributed by atoms with Crippen molar-refractivity contribution in [2.24, 2.45) is 0 Å². The molecule has 1 aliphatic rings. The maximum Gasteiger partial charge on any atom is 0.528 e. The molecule has 2 aromatic carbocycles. The van der Waals surface area contributed by atoms with E-state index in [-0.39, 0.29) is 22.9 Å². The topological polar surface area (TPSA) is 162 Å². The normalized spacial score (nSPS) is 14.4. The van der Waals surface area contributed by atoms with Gasteiger partial charge in [0, 0.05) is 44.0 Å². The summed E-state index contributed by atoms with van der Waals surface area (Å²) in [7, 11) is -0.317. The molecule has 1 fully saturated rings. The lowest BCUT2D eigenvalue weighted by atomic mass is 9.86. The minimum absolute atomic E-state index is 0.0967. The van der Waals surface area contributed by atoms with E-state index in [1.54, 1.807) is 68.4 Å². The molecule has 2 N–H and O–H groups in total. The van der Waals surface area contributed by atoms with E-state index in [0.717, 1.165) is 17.4 Å². The van der Waals surface area contributed by atoms with Gasteiger partial charge in [0.2, 0.25) is 21.9 Å². The van der Waals surface area contributed by atoms with Crippen LogP contribution in [0.2, 0.25) is 0 Å². The summed E-state index contributed by atoms with van der Waals surface area (Å²) in [6.07, 6.45) is 3.35. The van der Waals surface area contributed by atoms with E-state index in [1.165, 1.54) is 7.11 Å². The number of ether oxygens (including phenoxy) is 3. The fraction of sp³-hybridized carbons (Fsp3) is 0.486. The molecule has 1 aromatic heterocycles. The van der Waals surface area contributed by atoms with Crippen LogP contribution in [-0.2, 0) is 25.0 Å². The van der Waals surface area contributed by atoms with Crippen molar-refractivity contribution in [3.8, 4) is 17.4 Å². The predicted molar refractivity (Wildman–Crippen MR) is 192 cm³/mol. The van der Waals surface area contributed by atoms with Crippen LogP contribution in [0.25, 0.3) is 0 Å². The van der Waals surface area contributed by atoms with Gasteiger partial charge in [0.1, 0.15) is 11.4 Å². The molecule has 2 heterocycles. The third-order valence-corrected chi connectivity index (χ3v) is 8.46. The van der Waals surface area contributed by atoms with Crippen molar-refractivity contribution in [3.63, 3.8) is 0 Å². The van der Waals surface area contributed by atoms with Crippen LogP contribution >= 0.6 is 0 Å². The monoisotopic (exact) mass is 712 g/mol. The maximum absolute atomic E-state index is 13.6. The van der Waals surface area contributed by atoms with Crippen molar-refractivity contribution < 1.29 is 37.1 Å². The highest BCUT2D eigenvalue weighted by atomic mass is 32.2. The van der Waals surface area contributed by atoms with E-state index in [4.69, 9.17) is 19.0 Å². The Bertz CT molecular complexity index is 1810. The second-order valence-electron chi connectivity index (χ2n) is 14.3. The number of rotatable bonds is 10. The fourth-order valence-corrected chi connectivity index (χ4v) is 5.78. The van der Waals surface area contributed by atoms with Gasteiger partial charge in [-0.15, -0.1) is 5.06 Å². The Hall–Kier alpha value is -4.63. The summed E-state index contributed by atoms with van der Waals surface area (Å²) in [6, 6.07) is 10.3. The first-order valence-corrected chi connectivity index (χ1v) is 18.1. The Morgan fingerprint density at radius 3 is 2.26 bits per heavy atom. The van der Waals surface area contributed by atoms with Gasteiger partial charge in [-0.05, 0) is 81.3 Å². The van der Waals surface area contributed by atoms with Gasteiger partial charge in [-0.2, -0.15) is 4.98 Å². The van der Waals surface area contributed by atoms with Crippen molar-refractivity contribution in [2.75, 3.05) is 48.4 Å². The van der Waals surface area contributed by atoms with Crippen LogP contribution in [0.3, 0.4) is 0 Å². The number of piperidine rings is 1. The Kier molecular flexibility index (Phi) is 11.5. The number of hydrogen-bond donors (Lipinski definition) is 2. The van der Waals surface area contributed by atoms with Crippen molar-refractivity contribution in [2.45, 2.75) is 78.4 Å². The number of aromatic nitrogens is 2. The van der Waals surface area contributed by atoms with E-state index in [9.17, 15) is 18.0 Å². The summed E-state index contributed by atoms with van der Waals surface area (Å²) in [5.41, 5.74) is 1.40. The fourth-order valence-electron chi connectivity index (χ4n) is 5.23. The van der Waals surface area contributed by atoms with Gasteiger partial charge in [-0.25, -0.2) is 18.2 Å². The molecule has 0 spiro atoms. The quantitative estimate of drug-likeness (QED) is 0.227. The number of amides is 1. The summed E-state index contributed by atoms with van der Waals surface area (Å²) in [4.78, 5) is 42.0. The molecular weight excluding hydrogens is 664 g/mol. The minimum atomic E-state index is -3.63. The highest BCUT2D eigenvalue weighted by molar-refractivity contribution is 7.92. The predicted octanol–water partition coefficient (Wildman–Crippen LogP) is 6.27. The Balaban J connectivity index is 1.48. The summed E-state index contributed by atoms with van der Waals surface area (Å²) in [6.45, 7) is 14.2. The number of hydroxylamine groups is 2. The van der Waals surface area contributed by atoms with Crippen LogP contribution < -0.4 is 24.4 Å². The zero-order valence-electron chi connectivity index (χ0n) is 30.4. The van der Waals surface area contributed by atoms with E-state index in [2.05, 4.69) is 20.0 Å². The van der Waals surface area contributed by atoms with Gasteiger partial charge in [-0.3, -0.25) is 9.52 Å². The molecule has 15 heteroatoms. The van der Waals surface area contributed by atoms with Gasteiger partial charge in [-0.1, -0.05) is 26.8 Å². The first kappa shape index (κ1) is 38.2. The number of carbonyl (C=O) groups is 2. The van der Waals surface area contributed by atoms with E-state index in [0.29, 0.717) is 54.8 Å². The summed E-state index contributed by atoms with van der Waals surface area (Å²) in [5, 5.41) is 4.49. The number of nitrogens with zero attached hydrogens (tertiary/aromatic N) is 4. The molecule has 0 atom stereocenters. The molecule has 0 aliphatic carbocycles. The maximum atomic E-state index is 13.6. The molecule has 1 saturated heterocycles. The summed E-state index contributed by atoms with van der Waals surface area (Å²) < 4.78 is 43.7. The molecule has 272 valence electrons. The van der Waals surface area contributed by atoms with Gasteiger partial charge < -0.3 is 29.3 Å². The number of aryl methyl sites for hydroxylation is 1. The van der Waals surface area contributed by atoms with Gasteiger partial charge in [0.15, 0.2) is 5.75 Å². The number of sulfonamides is 1. The number of carbonyl (C=O) groups excluding carboxylic acids is 2. The number of methoxy groups -OCH3 is 1. The average molecular weight is 713 g/mol. The first-order chi connectivity index (χ1) is 23.2. The molecular formula is C35H48N6O8S. The van der Waals surface area contributed by atoms with Crippen LogP contribution in [0, 0.1) is 6.92 Å². The SMILES string of the molecule is COc1c(NC(=O)c2ccc(C)c(Oc3ccnc(N(C)C4CCN(OC(=O)OC(C)(C)C)CC4)n3)c2)cc(C(C)(C)C)cc1NS(C)(=O)=O. The molecule has 1 amide bonds. The Morgan fingerprint density at radius 1 is 1.00 bits per heavy atom. The van der Waals surface area contributed by atoms with E-state index < -0.39 is 27.7 Å². The van der Waals surface area contributed by atoms with Gasteiger partial charge in [0.25, 0.3) is 5.91 Å². The lowest BCUT2D eigenvalue weighted by molar-refractivity contribution is -0.151. The van der Waals surface area contributed by atoms with E-state index in [1.807, 2.05) is 39.6 Å². The second kappa shape index (κ2) is 15.1. The van der Waals surface area contributed by atoms with Gasteiger partial charge in [0.05, 0.1) is 24.7 Å². The lowest BCUT2D eigenvalue weighted by Gasteiger charge is -2.35. The zero-order chi connectivity index (χ0) is 37.0. The number of nitrogens with one attached hydrogen (secondary N) is 2. The van der Waals surface area contributed by atoms with Crippen LogP contribution in [0.15, 0.2) is 42.6 Å². The summed E-state index contributed by atoms with van der Waals surface area (Å²) >= 11 is 0. The first-order valence-electron chi connectivity index (χ1n) is 16.2. The number of anilines is 3. The molecule has 1 aliphatic heterocycles. The van der Waals surface area contributed by atoms with Crippen LogP contribution in [0.1, 0.15) is 75.9 Å². The Labute approximate surface area is 294 Å². The smallest absolute Gasteiger partial charge is 0.492 e. The molecule has 50 heavy (non-hydrogen) atoms. The number of hydrogen-bond acceptors (Lipinski definition) is 12.